The van der Waals surface area contributed by atoms with Crippen molar-refractivity contribution < 1.29 is 24.2 Å². The number of rotatable bonds is 2. The van der Waals surface area contributed by atoms with Gasteiger partial charge in [0.2, 0.25) is 0 Å². The minimum absolute atomic E-state index is 0.0793. The van der Waals surface area contributed by atoms with Gasteiger partial charge in [-0.15, -0.1) is 23.2 Å². The largest absolute Gasteiger partial charge is 0.388 e. The van der Waals surface area contributed by atoms with E-state index in [0.29, 0.717) is 31.3 Å². The van der Waals surface area contributed by atoms with E-state index >= 15 is 4.39 Å². The molecule has 3 saturated carbocycles. The summed E-state index contributed by atoms with van der Waals surface area (Å²) < 4.78 is 15.3. The number of ketones is 2. The monoisotopic (exact) mass is 432 g/mol. The van der Waals surface area contributed by atoms with E-state index in [-0.39, 0.29) is 30.5 Å². The van der Waals surface area contributed by atoms with Gasteiger partial charge in [-0.25, -0.2) is 4.39 Å². The highest BCUT2D eigenvalue weighted by Gasteiger charge is 2.74. The van der Waals surface area contributed by atoms with Crippen molar-refractivity contribution in [2.75, 3.05) is 6.61 Å². The maximum atomic E-state index is 15.3. The summed E-state index contributed by atoms with van der Waals surface area (Å²) >= 11 is 14.2. The normalized spacial score (nSPS) is 53.1. The second kappa shape index (κ2) is 6.26. The minimum atomic E-state index is -1.68. The molecular formula is C21H27Cl2FO4. The summed E-state index contributed by atoms with van der Waals surface area (Å²) in [5.41, 5.74) is -2.85. The van der Waals surface area contributed by atoms with Gasteiger partial charge in [0, 0.05) is 17.3 Å². The number of allylic oxidation sites excluding steroid dienone is 1. The van der Waals surface area contributed by atoms with E-state index < -0.39 is 45.2 Å². The number of carbonyl (C=O) groups excluding carboxylic acids is 2. The third kappa shape index (κ3) is 2.25. The molecule has 0 radical (unpaired) electrons. The van der Waals surface area contributed by atoms with Crippen LogP contribution in [0.4, 0.5) is 4.39 Å². The smallest absolute Gasteiger partial charge is 0.190 e. The van der Waals surface area contributed by atoms with Crippen molar-refractivity contribution >= 4 is 34.8 Å². The number of alkyl halides is 3. The molecule has 3 fully saturated rings. The van der Waals surface area contributed by atoms with Crippen molar-refractivity contribution in [2.24, 2.45) is 22.7 Å². The van der Waals surface area contributed by atoms with Crippen molar-refractivity contribution in [1.82, 2.24) is 0 Å². The first-order chi connectivity index (χ1) is 13.0. The molecule has 8 atom stereocenters. The first kappa shape index (κ1) is 20.8. The number of carbonyl (C=O) groups is 2. The van der Waals surface area contributed by atoms with E-state index in [1.807, 2.05) is 13.8 Å². The molecule has 156 valence electrons. The topological polar surface area (TPSA) is 74.6 Å². The van der Waals surface area contributed by atoms with Crippen molar-refractivity contribution in [2.45, 2.75) is 74.4 Å². The van der Waals surface area contributed by atoms with Crippen LogP contribution in [-0.4, -0.2) is 50.4 Å². The summed E-state index contributed by atoms with van der Waals surface area (Å²) in [4.78, 5) is 23.4. The highest BCUT2D eigenvalue weighted by Crippen LogP contribution is 2.72. The Labute approximate surface area is 174 Å². The molecule has 4 rings (SSSR count). The lowest BCUT2D eigenvalue weighted by molar-refractivity contribution is -0.163. The minimum Gasteiger partial charge on any atom is -0.388 e. The van der Waals surface area contributed by atoms with Crippen LogP contribution >= 0.6 is 23.2 Å². The predicted molar refractivity (Wildman–Crippen MR) is 104 cm³/mol. The fraction of sp³-hybridized carbons (Fsp3) is 0.810. The third-order valence-electron chi connectivity index (χ3n) is 8.74. The van der Waals surface area contributed by atoms with Crippen molar-refractivity contribution in [3.05, 3.63) is 11.6 Å². The number of aliphatic hydroxyl groups is 2. The number of hydrogen-bond donors (Lipinski definition) is 2. The molecule has 0 aromatic heterocycles. The molecule has 0 aliphatic heterocycles. The first-order valence-corrected chi connectivity index (χ1v) is 10.9. The number of hydrogen-bond acceptors (Lipinski definition) is 4. The standard InChI is InChI=1S/C21H27Cl2FO4/c1-18-5-3-11(26)7-14(18)15(24)8-13-12-4-6-20(28,17(27)10-25)19(12,2)9-16(22)21(13,18)23/h7,12-13,15-16,25,28H,3-6,8-10H2,1-2H3/t12-,13-,15?,16?,18-,19-,20-,21-/m0/s1. The number of aliphatic hydroxyl groups excluding tert-OH is 1. The molecule has 2 N–H and O–H groups in total. The van der Waals surface area contributed by atoms with Gasteiger partial charge in [0.05, 0.1) is 10.3 Å². The molecule has 0 aromatic rings. The van der Waals surface area contributed by atoms with Crippen LogP contribution in [0.15, 0.2) is 11.6 Å². The van der Waals surface area contributed by atoms with E-state index in [9.17, 15) is 19.8 Å². The van der Waals surface area contributed by atoms with Gasteiger partial charge in [-0.1, -0.05) is 13.8 Å². The van der Waals surface area contributed by atoms with Gasteiger partial charge in [-0.2, -0.15) is 0 Å². The maximum Gasteiger partial charge on any atom is 0.190 e. The van der Waals surface area contributed by atoms with Gasteiger partial charge >= 0.3 is 0 Å². The molecular weight excluding hydrogens is 406 g/mol. The molecule has 0 aromatic carbocycles. The molecule has 4 aliphatic rings. The molecule has 0 amide bonds. The summed E-state index contributed by atoms with van der Waals surface area (Å²) in [5, 5.41) is 20.0. The zero-order valence-electron chi connectivity index (χ0n) is 16.2. The molecule has 0 bridgehead atoms. The van der Waals surface area contributed by atoms with Crippen molar-refractivity contribution in [3.63, 3.8) is 0 Å². The second-order valence-corrected chi connectivity index (χ2v) is 10.8. The summed E-state index contributed by atoms with van der Waals surface area (Å²) in [6, 6.07) is 0. The van der Waals surface area contributed by atoms with E-state index in [4.69, 9.17) is 23.2 Å². The molecule has 0 saturated heterocycles. The third-order valence-corrected chi connectivity index (χ3v) is 10.3. The SMILES string of the molecule is C[C@]12CCC(=O)C=C1C(F)C[C@H]1[C@@H]3CC[C@](O)(C(=O)CO)[C@@]3(C)CC(Cl)[C@@]12Cl. The van der Waals surface area contributed by atoms with Crippen LogP contribution in [0.25, 0.3) is 0 Å². The Morgan fingerprint density at radius 1 is 1.32 bits per heavy atom. The fourth-order valence-corrected chi connectivity index (χ4v) is 8.33. The van der Waals surface area contributed by atoms with Crippen LogP contribution < -0.4 is 0 Å². The molecule has 0 heterocycles. The zero-order chi connectivity index (χ0) is 20.7. The Bertz CT molecular complexity index is 772. The van der Waals surface area contributed by atoms with Gasteiger partial charge in [0.25, 0.3) is 0 Å². The Hall–Kier alpha value is -0.490. The molecule has 0 spiro atoms. The molecule has 2 unspecified atom stereocenters. The van der Waals surface area contributed by atoms with Crippen LogP contribution in [0, 0.1) is 22.7 Å². The van der Waals surface area contributed by atoms with Crippen LogP contribution in [0.2, 0.25) is 0 Å². The molecule has 4 nitrogen and oxygen atoms in total. The first-order valence-electron chi connectivity index (χ1n) is 10.0. The summed E-state index contributed by atoms with van der Waals surface area (Å²) in [7, 11) is 0. The lowest BCUT2D eigenvalue weighted by Crippen LogP contribution is -2.69. The van der Waals surface area contributed by atoms with Crippen molar-refractivity contribution in [1.29, 1.82) is 0 Å². The van der Waals surface area contributed by atoms with Gasteiger partial charge in [0.1, 0.15) is 18.4 Å². The van der Waals surface area contributed by atoms with Crippen LogP contribution in [0.3, 0.4) is 0 Å². The van der Waals surface area contributed by atoms with E-state index in [2.05, 4.69) is 0 Å². The van der Waals surface area contributed by atoms with Gasteiger partial charge in [-0.05, 0) is 55.6 Å². The van der Waals surface area contributed by atoms with Crippen molar-refractivity contribution in [3.8, 4) is 0 Å². The number of fused-ring (bicyclic) bond motifs is 5. The Morgan fingerprint density at radius 2 is 2.00 bits per heavy atom. The molecule has 4 aliphatic carbocycles. The highest BCUT2D eigenvalue weighted by molar-refractivity contribution is 6.33. The lowest BCUT2D eigenvalue weighted by atomic mass is 9.45. The Balaban J connectivity index is 1.83. The predicted octanol–water partition coefficient (Wildman–Crippen LogP) is 3.34. The lowest BCUT2D eigenvalue weighted by Gasteiger charge is -2.65. The molecule has 28 heavy (non-hydrogen) atoms. The zero-order valence-corrected chi connectivity index (χ0v) is 17.7. The average molecular weight is 433 g/mol. The van der Waals surface area contributed by atoms with Gasteiger partial charge in [-0.3, -0.25) is 9.59 Å². The van der Waals surface area contributed by atoms with E-state index in [1.165, 1.54) is 6.08 Å². The summed E-state index contributed by atoms with van der Waals surface area (Å²) in [6.07, 6.45) is 2.07. The highest BCUT2D eigenvalue weighted by atomic mass is 35.5. The second-order valence-electron chi connectivity index (χ2n) is 9.65. The summed E-state index contributed by atoms with van der Waals surface area (Å²) in [6.45, 7) is 3.01. The summed E-state index contributed by atoms with van der Waals surface area (Å²) in [5.74, 6) is -1.20. The fourth-order valence-electron chi connectivity index (χ4n) is 7.09. The Morgan fingerprint density at radius 3 is 2.64 bits per heavy atom. The van der Waals surface area contributed by atoms with E-state index in [0.717, 1.165) is 0 Å². The average Bonchev–Trinajstić information content (AvgIpc) is 2.91. The maximum absolute atomic E-state index is 15.3. The number of Topliss-reactive ketones (excluding diaryl/α,β-unsaturated/α-hetero) is 1. The van der Waals surface area contributed by atoms with Crippen LogP contribution in [0.5, 0.6) is 0 Å². The quantitative estimate of drug-likeness (QED) is 0.656. The number of halogens is 3. The van der Waals surface area contributed by atoms with Crippen LogP contribution in [-0.2, 0) is 9.59 Å². The van der Waals surface area contributed by atoms with Gasteiger partial charge < -0.3 is 10.2 Å². The molecule has 7 heteroatoms. The van der Waals surface area contributed by atoms with Gasteiger partial charge in [0.15, 0.2) is 11.6 Å². The Kier molecular flexibility index (Phi) is 4.64. The van der Waals surface area contributed by atoms with E-state index in [1.54, 1.807) is 0 Å². The van der Waals surface area contributed by atoms with Crippen LogP contribution in [0.1, 0.15) is 52.4 Å².